The minimum atomic E-state index is -0.159. The highest BCUT2D eigenvalue weighted by molar-refractivity contribution is 5.74. The van der Waals surface area contributed by atoms with Crippen molar-refractivity contribution in [2.24, 2.45) is 0 Å². The molecule has 2 N–H and O–H groups in total. The van der Waals surface area contributed by atoms with Crippen molar-refractivity contribution < 1.29 is 9.53 Å². The molecule has 0 radical (unpaired) electrons. The van der Waals surface area contributed by atoms with Crippen LogP contribution in [0.25, 0.3) is 0 Å². The first-order valence-electron chi connectivity index (χ1n) is 8.12. The molecule has 0 saturated carbocycles. The zero-order chi connectivity index (χ0) is 17.6. The number of amides is 2. The summed E-state index contributed by atoms with van der Waals surface area (Å²) in [6.07, 6.45) is 0. The Morgan fingerprint density at radius 2 is 1.62 bits per heavy atom. The van der Waals surface area contributed by atoms with Crippen LogP contribution in [0, 0.1) is 6.92 Å². The standard InChI is InChI=1S/C20H26N2O2/c1-15-5-7-16(8-6-15)13-21-19(23)22-14-20(2,3)17-9-11-18(24-4)12-10-17/h5-12H,13-14H2,1-4H3,(H2,21,22,23). The maximum atomic E-state index is 12.0. The molecule has 0 aliphatic carbocycles. The second kappa shape index (κ2) is 7.86. The number of aryl methyl sites for hydroxylation is 1. The van der Waals surface area contributed by atoms with Gasteiger partial charge in [-0.1, -0.05) is 55.8 Å². The van der Waals surface area contributed by atoms with Crippen molar-refractivity contribution in [3.8, 4) is 5.75 Å². The lowest BCUT2D eigenvalue weighted by Gasteiger charge is -2.26. The first-order valence-corrected chi connectivity index (χ1v) is 8.12. The molecule has 4 heteroatoms. The summed E-state index contributed by atoms with van der Waals surface area (Å²) < 4.78 is 5.18. The zero-order valence-corrected chi connectivity index (χ0v) is 14.8. The average Bonchev–Trinajstić information content (AvgIpc) is 2.59. The van der Waals surface area contributed by atoms with Crippen LogP contribution >= 0.6 is 0 Å². The van der Waals surface area contributed by atoms with Crippen molar-refractivity contribution in [2.45, 2.75) is 32.7 Å². The van der Waals surface area contributed by atoms with E-state index in [1.54, 1.807) is 7.11 Å². The summed E-state index contributed by atoms with van der Waals surface area (Å²) in [5.74, 6) is 0.832. The summed E-state index contributed by atoms with van der Waals surface area (Å²) in [5.41, 5.74) is 3.30. The molecule has 0 aromatic heterocycles. The quantitative estimate of drug-likeness (QED) is 0.849. The first kappa shape index (κ1) is 17.9. The van der Waals surface area contributed by atoms with Crippen molar-refractivity contribution in [2.75, 3.05) is 13.7 Å². The third-order valence-corrected chi connectivity index (χ3v) is 4.14. The Hall–Kier alpha value is -2.49. The molecule has 0 spiro atoms. The summed E-state index contributed by atoms with van der Waals surface area (Å²) in [6.45, 7) is 7.34. The van der Waals surface area contributed by atoms with Crippen LogP contribution in [0.15, 0.2) is 48.5 Å². The molecule has 0 aliphatic rings. The molecule has 0 heterocycles. The van der Waals surface area contributed by atoms with Gasteiger partial charge in [-0.05, 0) is 30.2 Å². The first-order chi connectivity index (χ1) is 11.4. The van der Waals surface area contributed by atoms with Gasteiger partial charge in [0.2, 0.25) is 0 Å². The van der Waals surface area contributed by atoms with Crippen molar-refractivity contribution in [3.05, 3.63) is 65.2 Å². The fraction of sp³-hybridized carbons (Fsp3) is 0.350. The van der Waals surface area contributed by atoms with Crippen LogP contribution in [0.4, 0.5) is 4.79 Å². The predicted octanol–water partition coefficient (Wildman–Crippen LogP) is 3.78. The molecular formula is C20H26N2O2. The van der Waals surface area contributed by atoms with E-state index in [4.69, 9.17) is 4.74 Å². The molecule has 128 valence electrons. The highest BCUT2D eigenvalue weighted by Gasteiger charge is 2.21. The van der Waals surface area contributed by atoms with Gasteiger partial charge in [-0.2, -0.15) is 0 Å². The van der Waals surface area contributed by atoms with Gasteiger partial charge in [0.1, 0.15) is 5.75 Å². The molecule has 0 aliphatic heterocycles. The minimum absolute atomic E-state index is 0.155. The third kappa shape index (κ3) is 5.01. The van der Waals surface area contributed by atoms with Gasteiger partial charge < -0.3 is 15.4 Å². The van der Waals surface area contributed by atoms with Crippen molar-refractivity contribution >= 4 is 6.03 Å². The molecule has 24 heavy (non-hydrogen) atoms. The molecule has 4 nitrogen and oxygen atoms in total. The second-order valence-electron chi connectivity index (χ2n) is 6.63. The highest BCUT2D eigenvalue weighted by Crippen LogP contribution is 2.24. The largest absolute Gasteiger partial charge is 0.497 e. The van der Waals surface area contributed by atoms with Crippen LogP contribution in [0.3, 0.4) is 0 Å². The zero-order valence-electron chi connectivity index (χ0n) is 14.8. The number of carbonyl (C=O) groups excluding carboxylic acids is 1. The molecule has 0 bridgehead atoms. The number of hydrogen-bond donors (Lipinski definition) is 2. The van der Waals surface area contributed by atoms with E-state index in [-0.39, 0.29) is 11.4 Å². The lowest BCUT2D eigenvalue weighted by molar-refractivity contribution is 0.238. The lowest BCUT2D eigenvalue weighted by atomic mass is 9.84. The number of benzene rings is 2. The minimum Gasteiger partial charge on any atom is -0.497 e. The van der Waals surface area contributed by atoms with E-state index in [1.165, 1.54) is 5.56 Å². The lowest BCUT2D eigenvalue weighted by Crippen LogP contribution is -2.42. The summed E-state index contributed by atoms with van der Waals surface area (Å²) in [4.78, 5) is 12.0. The molecule has 0 fully saturated rings. The van der Waals surface area contributed by atoms with E-state index >= 15 is 0 Å². The number of ether oxygens (including phenoxy) is 1. The van der Waals surface area contributed by atoms with E-state index in [9.17, 15) is 4.79 Å². The number of methoxy groups -OCH3 is 1. The Bertz CT molecular complexity index is 661. The van der Waals surface area contributed by atoms with Gasteiger partial charge in [0.15, 0.2) is 0 Å². The van der Waals surface area contributed by atoms with Crippen LogP contribution < -0.4 is 15.4 Å². The molecule has 2 aromatic rings. The molecule has 0 saturated heterocycles. The van der Waals surface area contributed by atoms with Gasteiger partial charge in [-0.15, -0.1) is 0 Å². The third-order valence-electron chi connectivity index (χ3n) is 4.14. The van der Waals surface area contributed by atoms with E-state index in [0.29, 0.717) is 13.1 Å². The summed E-state index contributed by atoms with van der Waals surface area (Å²) in [7, 11) is 1.65. The molecule has 2 aromatic carbocycles. The van der Waals surface area contributed by atoms with Gasteiger partial charge in [-0.3, -0.25) is 0 Å². The Balaban J connectivity index is 1.83. The summed E-state index contributed by atoms with van der Waals surface area (Å²) in [6, 6.07) is 15.9. The molecule has 0 unspecified atom stereocenters. The normalized spacial score (nSPS) is 11.0. The van der Waals surface area contributed by atoms with Crippen LogP contribution in [-0.2, 0) is 12.0 Å². The molecular weight excluding hydrogens is 300 g/mol. The second-order valence-corrected chi connectivity index (χ2v) is 6.63. The Labute approximate surface area is 144 Å². The summed E-state index contributed by atoms with van der Waals surface area (Å²) >= 11 is 0. The Morgan fingerprint density at radius 3 is 2.21 bits per heavy atom. The topological polar surface area (TPSA) is 50.4 Å². The molecule has 2 amide bonds. The fourth-order valence-corrected chi connectivity index (χ4v) is 2.40. The number of carbonyl (C=O) groups is 1. The number of rotatable bonds is 6. The van der Waals surface area contributed by atoms with E-state index in [0.717, 1.165) is 16.9 Å². The highest BCUT2D eigenvalue weighted by atomic mass is 16.5. The number of hydrogen-bond acceptors (Lipinski definition) is 2. The van der Waals surface area contributed by atoms with E-state index in [1.807, 2.05) is 55.5 Å². The van der Waals surface area contributed by atoms with Gasteiger partial charge >= 0.3 is 6.03 Å². The van der Waals surface area contributed by atoms with Crippen LogP contribution in [0.5, 0.6) is 5.75 Å². The fourth-order valence-electron chi connectivity index (χ4n) is 2.40. The van der Waals surface area contributed by atoms with Gasteiger partial charge in [0, 0.05) is 18.5 Å². The van der Waals surface area contributed by atoms with E-state index < -0.39 is 0 Å². The summed E-state index contributed by atoms with van der Waals surface area (Å²) in [5, 5.41) is 5.84. The van der Waals surface area contributed by atoms with Gasteiger partial charge in [-0.25, -0.2) is 4.79 Å². The maximum absolute atomic E-state index is 12.0. The van der Waals surface area contributed by atoms with Crippen LogP contribution in [-0.4, -0.2) is 19.7 Å². The molecule has 0 atom stereocenters. The Kier molecular flexibility index (Phi) is 5.85. The van der Waals surface area contributed by atoms with E-state index in [2.05, 4.69) is 24.5 Å². The smallest absolute Gasteiger partial charge is 0.315 e. The SMILES string of the molecule is COc1ccc(C(C)(C)CNC(=O)NCc2ccc(C)cc2)cc1. The molecule has 2 rings (SSSR count). The Morgan fingerprint density at radius 1 is 1.00 bits per heavy atom. The maximum Gasteiger partial charge on any atom is 0.315 e. The van der Waals surface area contributed by atoms with Gasteiger partial charge in [0.05, 0.1) is 7.11 Å². The van der Waals surface area contributed by atoms with Crippen molar-refractivity contribution in [3.63, 3.8) is 0 Å². The van der Waals surface area contributed by atoms with Crippen LogP contribution in [0.2, 0.25) is 0 Å². The van der Waals surface area contributed by atoms with Gasteiger partial charge in [0.25, 0.3) is 0 Å². The average molecular weight is 326 g/mol. The monoisotopic (exact) mass is 326 g/mol. The number of urea groups is 1. The predicted molar refractivity (Wildman–Crippen MR) is 97.4 cm³/mol. The van der Waals surface area contributed by atoms with Crippen LogP contribution in [0.1, 0.15) is 30.5 Å². The van der Waals surface area contributed by atoms with Crippen molar-refractivity contribution in [1.29, 1.82) is 0 Å². The number of nitrogens with one attached hydrogen (secondary N) is 2. The van der Waals surface area contributed by atoms with Crippen molar-refractivity contribution in [1.82, 2.24) is 10.6 Å².